The van der Waals surface area contributed by atoms with Crippen LogP contribution in [0.25, 0.3) is 0 Å². The molecule has 0 bridgehead atoms. The number of rotatable bonds is 5. The Labute approximate surface area is 97.8 Å². The molecule has 88 valence electrons. The summed E-state index contributed by atoms with van der Waals surface area (Å²) in [7, 11) is 1.76. The van der Waals surface area contributed by atoms with Crippen LogP contribution in [-0.2, 0) is 4.74 Å². The number of hydrogen-bond donors (Lipinski definition) is 1. The average Bonchev–Trinajstić information content (AvgIpc) is 3.11. The van der Waals surface area contributed by atoms with E-state index in [-0.39, 0.29) is 12.1 Å². The Hall–Kier alpha value is -0.860. The second kappa shape index (κ2) is 4.98. The Kier molecular flexibility index (Phi) is 3.62. The SMILES string of the molecule is CCC(OC)C(N)C1CC1c1ccccc1. The molecule has 4 atom stereocenters. The maximum Gasteiger partial charge on any atom is 0.0722 e. The normalized spacial score (nSPS) is 27.4. The van der Waals surface area contributed by atoms with Crippen molar-refractivity contribution in [3.05, 3.63) is 35.9 Å². The fourth-order valence-corrected chi connectivity index (χ4v) is 2.60. The predicted octanol–water partition coefficient (Wildman–Crippen LogP) is 2.54. The first-order valence-corrected chi connectivity index (χ1v) is 6.11. The van der Waals surface area contributed by atoms with Crippen LogP contribution >= 0.6 is 0 Å². The standard InChI is InChI=1S/C14H21NO/c1-3-13(16-2)14(15)12-9-11(12)10-7-5-4-6-8-10/h4-8,11-14H,3,9,15H2,1-2H3. The summed E-state index contributed by atoms with van der Waals surface area (Å²) in [6.45, 7) is 2.13. The summed E-state index contributed by atoms with van der Waals surface area (Å²) >= 11 is 0. The van der Waals surface area contributed by atoms with Crippen LogP contribution in [0.2, 0.25) is 0 Å². The van der Waals surface area contributed by atoms with E-state index in [2.05, 4.69) is 37.3 Å². The maximum absolute atomic E-state index is 6.25. The maximum atomic E-state index is 6.25. The number of hydrogen-bond acceptors (Lipinski definition) is 2. The van der Waals surface area contributed by atoms with E-state index in [1.165, 1.54) is 12.0 Å². The lowest BCUT2D eigenvalue weighted by Gasteiger charge is -2.21. The number of nitrogens with two attached hydrogens (primary N) is 1. The minimum atomic E-state index is 0.181. The first kappa shape index (κ1) is 11.6. The number of methoxy groups -OCH3 is 1. The Morgan fingerprint density at radius 3 is 2.62 bits per heavy atom. The molecule has 0 saturated heterocycles. The molecule has 1 aliphatic rings. The molecule has 0 aromatic heterocycles. The van der Waals surface area contributed by atoms with Gasteiger partial charge >= 0.3 is 0 Å². The highest BCUT2D eigenvalue weighted by molar-refractivity contribution is 5.26. The van der Waals surface area contributed by atoms with Crippen molar-refractivity contribution in [3.8, 4) is 0 Å². The molecule has 2 rings (SSSR count). The molecular weight excluding hydrogens is 198 g/mol. The van der Waals surface area contributed by atoms with E-state index in [0.29, 0.717) is 11.8 Å². The van der Waals surface area contributed by atoms with Gasteiger partial charge in [0.2, 0.25) is 0 Å². The van der Waals surface area contributed by atoms with Crippen LogP contribution < -0.4 is 5.73 Å². The van der Waals surface area contributed by atoms with Gasteiger partial charge in [0.1, 0.15) is 0 Å². The zero-order valence-corrected chi connectivity index (χ0v) is 10.1. The summed E-state index contributed by atoms with van der Waals surface area (Å²) in [5.41, 5.74) is 7.67. The molecule has 2 heteroatoms. The van der Waals surface area contributed by atoms with E-state index in [1.807, 2.05) is 0 Å². The van der Waals surface area contributed by atoms with Crippen molar-refractivity contribution in [2.24, 2.45) is 11.7 Å². The van der Waals surface area contributed by atoms with Gasteiger partial charge in [0, 0.05) is 13.2 Å². The third kappa shape index (κ3) is 2.28. The zero-order valence-electron chi connectivity index (χ0n) is 10.1. The van der Waals surface area contributed by atoms with Gasteiger partial charge in [-0.2, -0.15) is 0 Å². The van der Waals surface area contributed by atoms with Crippen molar-refractivity contribution >= 4 is 0 Å². The van der Waals surface area contributed by atoms with E-state index in [4.69, 9.17) is 10.5 Å². The molecule has 4 unspecified atom stereocenters. The van der Waals surface area contributed by atoms with E-state index >= 15 is 0 Å². The Balaban J connectivity index is 1.96. The highest BCUT2D eigenvalue weighted by atomic mass is 16.5. The summed E-state index contributed by atoms with van der Waals surface area (Å²) < 4.78 is 5.42. The quantitative estimate of drug-likeness (QED) is 0.826. The van der Waals surface area contributed by atoms with Gasteiger partial charge in [-0.05, 0) is 30.2 Å². The minimum absolute atomic E-state index is 0.181. The third-order valence-electron chi connectivity index (χ3n) is 3.70. The van der Waals surface area contributed by atoms with Crippen LogP contribution in [0.4, 0.5) is 0 Å². The lowest BCUT2D eigenvalue weighted by molar-refractivity contribution is 0.0704. The van der Waals surface area contributed by atoms with Gasteiger partial charge in [-0.1, -0.05) is 37.3 Å². The van der Waals surface area contributed by atoms with Gasteiger partial charge in [0.15, 0.2) is 0 Å². The Morgan fingerprint density at radius 1 is 1.38 bits per heavy atom. The molecule has 1 aromatic rings. The summed E-state index contributed by atoms with van der Waals surface area (Å²) in [6, 6.07) is 10.8. The molecule has 0 amide bonds. The smallest absolute Gasteiger partial charge is 0.0722 e. The third-order valence-corrected chi connectivity index (χ3v) is 3.70. The lowest BCUT2D eigenvalue weighted by Crippen LogP contribution is -2.38. The van der Waals surface area contributed by atoms with E-state index in [0.717, 1.165) is 6.42 Å². The van der Waals surface area contributed by atoms with Gasteiger partial charge in [-0.15, -0.1) is 0 Å². The second-order valence-corrected chi connectivity index (χ2v) is 4.68. The van der Waals surface area contributed by atoms with Crippen molar-refractivity contribution < 1.29 is 4.74 Å². The molecule has 0 heterocycles. The van der Waals surface area contributed by atoms with Crippen LogP contribution in [0.1, 0.15) is 31.2 Å². The predicted molar refractivity (Wildman–Crippen MR) is 66.4 cm³/mol. The highest BCUT2D eigenvalue weighted by Gasteiger charge is 2.44. The van der Waals surface area contributed by atoms with E-state index < -0.39 is 0 Å². The van der Waals surface area contributed by atoms with Gasteiger partial charge in [0.05, 0.1) is 6.10 Å². The highest BCUT2D eigenvalue weighted by Crippen LogP contribution is 2.49. The van der Waals surface area contributed by atoms with Gasteiger partial charge in [-0.3, -0.25) is 0 Å². The van der Waals surface area contributed by atoms with Crippen molar-refractivity contribution in [2.75, 3.05) is 7.11 Å². The van der Waals surface area contributed by atoms with Crippen molar-refractivity contribution in [2.45, 2.75) is 37.8 Å². The molecule has 0 spiro atoms. The molecular formula is C14H21NO. The summed E-state index contributed by atoms with van der Waals surface area (Å²) in [6.07, 6.45) is 2.42. The first-order chi connectivity index (χ1) is 7.77. The minimum Gasteiger partial charge on any atom is -0.380 e. The molecule has 16 heavy (non-hydrogen) atoms. The average molecular weight is 219 g/mol. The molecule has 1 fully saturated rings. The van der Waals surface area contributed by atoms with Crippen LogP contribution in [0.5, 0.6) is 0 Å². The van der Waals surface area contributed by atoms with E-state index in [1.54, 1.807) is 7.11 Å². The number of benzene rings is 1. The largest absolute Gasteiger partial charge is 0.380 e. The molecule has 1 saturated carbocycles. The summed E-state index contributed by atoms with van der Waals surface area (Å²) in [4.78, 5) is 0. The first-order valence-electron chi connectivity index (χ1n) is 6.11. The molecule has 1 aliphatic carbocycles. The lowest BCUT2D eigenvalue weighted by atomic mass is 10.0. The van der Waals surface area contributed by atoms with Crippen LogP contribution in [0, 0.1) is 5.92 Å². The van der Waals surface area contributed by atoms with Crippen molar-refractivity contribution in [3.63, 3.8) is 0 Å². The van der Waals surface area contributed by atoms with Crippen molar-refractivity contribution in [1.82, 2.24) is 0 Å². The Morgan fingerprint density at radius 2 is 2.06 bits per heavy atom. The topological polar surface area (TPSA) is 35.2 Å². The monoisotopic (exact) mass is 219 g/mol. The van der Waals surface area contributed by atoms with Crippen molar-refractivity contribution in [1.29, 1.82) is 0 Å². The molecule has 1 aromatic carbocycles. The fourth-order valence-electron chi connectivity index (χ4n) is 2.60. The molecule has 0 aliphatic heterocycles. The van der Waals surface area contributed by atoms with Crippen LogP contribution in [0.15, 0.2) is 30.3 Å². The van der Waals surface area contributed by atoms with Gasteiger partial charge in [-0.25, -0.2) is 0 Å². The van der Waals surface area contributed by atoms with Crippen LogP contribution in [0.3, 0.4) is 0 Å². The molecule has 2 N–H and O–H groups in total. The molecule has 0 radical (unpaired) electrons. The zero-order chi connectivity index (χ0) is 11.5. The summed E-state index contributed by atoms with van der Waals surface area (Å²) in [5.74, 6) is 1.26. The Bertz CT molecular complexity index is 321. The summed E-state index contributed by atoms with van der Waals surface area (Å²) in [5, 5.41) is 0. The number of ether oxygens (including phenoxy) is 1. The second-order valence-electron chi connectivity index (χ2n) is 4.68. The fraction of sp³-hybridized carbons (Fsp3) is 0.571. The van der Waals surface area contributed by atoms with Gasteiger partial charge < -0.3 is 10.5 Å². The van der Waals surface area contributed by atoms with Gasteiger partial charge in [0.25, 0.3) is 0 Å². The van der Waals surface area contributed by atoms with Crippen LogP contribution in [-0.4, -0.2) is 19.3 Å². The van der Waals surface area contributed by atoms with E-state index in [9.17, 15) is 0 Å². The molecule has 2 nitrogen and oxygen atoms in total.